The Kier molecular flexibility index (Phi) is 5.72. The van der Waals surface area contributed by atoms with Gasteiger partial charge in [-0.1, -0.05) is 25.1 Å². The fourth-order valence-corrected chi connectivity index (χ4v) is 2.72. The molecule has 116 valence electrons. The third-order valence-electron chi connectivity index (χ3n) is 3.28. The molecule has 1 heterocycles. The van der Waals surface area contributed by atoms with E-state index in [1.807, 2.05) is 43.5 Å². The molecule has 0 radical (unpaired) electrons. The Bertz CT molecular complexity index is 620. The Morgan fingerprint density at radius 3 is 2.55 bits per heavy atom. The third kappa shape index (κ3) is 4.43. The maximum absolute atomic E-state index is 11.9. The number of ether oxygens (including phenoxy) is 1. The predicted molar refractivity (Wildman–Crippen MR) is 87.0 cm³/mol. The SMILES string of the molecule is CCc1ccc(C(=O)OCC(=O)N[C@H](C)c2cccs2)cc1. The van der Waals surface area contributed by atoms with E-state index in [2.05, 4.69) is 5.32 Å². The van der Waals surface area contributed by atoms with Crippen molar-refractivity contribution in [2.75, 3.05) is 6.61 Å². The van der Waals surface area contributed by atoms with Gasteiger partial charge in [-0.3, -0.25) is 4.79 Å². The van der Waals surface area contributed by atoms with E-state index in [0.29, 0.717) is 5.56 Å². The van der Waals surface area contributed by atoms with Crippen LogP contribution in [0.4, 0.5) is 0 Å². The summed E-state index contributed by atoms with van der Waals surface area (Å²) in [4.78, 5) is 24.7. The summed E-state index contributed by atoms with van der Waals surface area (Å²) in [5, 5.41) is 4.76. The number of aryl methyl sites for hydroxylation is 1. The molecule has 1 aromatic carbocycles. The molecule has 0 fully saturated rings. The minimum Gasteiger partial charge on any atom is -0.452 e. The molecule has 0 aliphatic rings. The van der Waals surface area contributed by atoms with Crippen molar-refractivity contribution in [3.63, 3.8) is 0 Å². The van der Waals surface area contributed by atoms with Crippen molar-refractivity contribution in [3.8, 4) is 0 Å². The van der Waals surface area contributed by atoms with Crippen molar-refractivity contribution in [3.05, 3.63) is 57.8 Å². The smallest absolute Gasteiger partial charge is 0.338 e. The Labute approximate surface area is 134 Å². The Morgan fingerprint density at radius 2 is 1.95 bits per heavy atom. The number of hydrogen-bond donors (Lipinski definition) is 1. The molecule has 0 aliphatic carbocycles. The molecule has 22 heavy (non-hydrogen) atoms. The fourth-order valence-electron chi connectivity index (χ4n) is 1.98. The van der Waals surface area contributed by atoms with Gasteiger partial charge in [-0.2, -0.15) is 0 Å². The van der Waals surface area contributed by atoms with Crippen LogP contribution < -0.4 is 5.32 Å². The van der Waals surface area contributed by atoms with Gasteiger partial charge in [0.15, 0.2) is 6.61 Å². The number of hydrogen-bond acceptors (Lipinski definition) is 4. The lowest BCUT2D eigenvalue weighted by Gasteiger charge is -2.12. The van der Waals surface area contributed by atoms with Crippen LogP contribution in [-0.2, 0) is 16.0 Å². The average Bonchev–Trinajstić information content (AvgIpc) is 3.07. The van der Waals surface area contributed by atoms with Gasteiger partial charge in [0.25, 0.3) is 5.91 Å². The van der Waals surface area contributed by atoms with Crippen molar-refractivity contribution < 1.29 is 14.3 Å². The van der Waals surface area contributed by atoms with Crippen LogP contribution in [0, 0.1) is 0 Å². The van der Waals surface area contributed by atoms with Crippen molar-refractivity contribution in [2.24, 2.45) is 0 Å². The predicted octanol–water partition coefficient (Wildman–Crippen LogP) is 3.34. The van der Waals surface area contributed by atoms with Crippen LogP contribution in [0.25, 0.3) is 0 Å². The summed E-state index contributed by atoms with van der Waals surface area (Å²) in [7, 11) is 0. The third-order valence-corrected chi connectivity index (χ3v) is 4.33. The molecule has 2 rings (SSSR count). The highest BCUT2D eigenvalue weighted by Gasteiger charge is 2.13. The fraction of sp³-hybridized carbons (Fsp3) is 0.294. The molecular weight excluding hydrogens is 298 g/mol. The number of amides is 1. The lowest BCUT2D eigenvalue weighted by Crippen LogP contribution is -2.30. The lowest BCUT2D eigenvalue weighted by molar-refractivity contribution is -0.124. The molecule has 0 saturated heterocycles. The number of carbonyl (C=O) groups is 2. The molecule has 4 nitrogen and oxygen atoms in total. The molecule has 1 atom stereocenters. The Balaban J connectivity index is 1.81. The molecule has 0 bridgehead atoms. The van der Waals surface area contributed by atoms with Crippen LogP contribution >= 0.6 is 11.3 Å². The van der Waals surface area contributed by atoms with Crippen LogP contribution in [0.2, 0.25) is 0 Å². The summed E-state index contributed by atoms with van der Waals surface area (Å²) < 4.78 is 5.03. The van der Waals surface area contributed by atoms with E-state index in [9.17, 15) is 9.59 Å². The number of esters is 1. The first-order valence-electron chi connectivity index (χ1n) is 7.19. The molecule has 0 saturated carbocycles. The van der Waals surface area contributed by atoms with E-state index < -0.39 is 5.97 Å². The van der Waals surface area contributed by atoms with Crippen LogP contribution in [0.1, 0.15) is 40.7 Å². The van der Waals surface area contributed by atoms with Crippen LogP contribution in [-0.4, -0.2) is 18.5 Å². The first-order valence-corrected chi connectivity index (χ1v) is 8.07. The van der Waals surface area contributed by atoms with Gasteiger partial charge >= 0.3 is 5.97 Å². The highest BCUT2D eigenvalue weighted by Crippen LogP contribution is 2.17. The van der Waals surface area contributed by atoms with Gasteiger partial charge in [0, 0.05) is 4.88 Å². The van der Waals surface area contributed by atoms with Gasteiger partial charge in [0.2, 0.25) is 0 Å². The number of benzene rings is 1. The molecule has 0 aliphatic heterocycles. The first-order chi connectivity index (χ1) is 10.6. The van der Waals surface area contributed by atoms with Crippen LogP contribution in [0.3, 0.4) is 0 Å². The van der Waals surface area contributed by atoms with Gasteiger partial charge in [-0.05, 0) is 42.5 Å². The van der Waals surface area contributed by atoms with E-state index in [0.717, 1.165) is 16.9 Å². The van der Waals surface area contributed by atoms with Gasteiger partial charge in [0.05, 0.1) is 11.6 Å². The number of rotatable bonds is 6. The van der Waals surface area contributed by atoms with Gasteiger partial charge in [0.1, 0.15) is 0 Å². The molecule has 0 spiro atoms. The highest BCUT2D eigenvalue weighted by atomic mass is 32.1. The second kappa shape index (κ2) is 7.75. The standard InChI is InChI=1S/C17H19NO3S/c1-3-13-6-8-14(9-7-13)17(20)21-11-16(19)18-12(2)15-5-4-10-22-15/h4-10,12H,3,11H2,1-2H3,(H,18,19)/t12-/m1/s1. The number of carbonyl (C=O) groups excluding carboxylic acids is 2. The van der Waals surface area contributed by atoms with E-state index in [4.69, 9.17) is 4.74 Å². The van der Waals surface area contributed by atoms with Crippen molar-refractivity contribution in [1.82, 2.24) is 5.32 Å². The summed E-state index contributed by atoms with van der Waals surface area (Å²) in [5.74, 6) is -0.791. The van der Waals surface area contributed by atoms with Gasteiger partial charge in [-0.15, -0.1) is 11.3 Å². The van der Waals surface area contributed by atoms with E-state index in [1.54, 1.807) is 23.5 Å². The average molecular weight is 317 g/mol. The second-order valence-corrected chi connectivity index (χ2v) is 5.91. The zero-order valence-corrected chi connectivity index (χ0v) is 13.5. The summed E-state index contributed by atoms with van der Waals surface area (Å²) in [5.41, 5.74) is 1.61. The first kappa shape index (κ1) is 16.2. The van der Waals surface area contributed by atoms with Crippen LogP contribution in [0.5, 0.6) is 0 Å². The molecule has 0 unspecified atom stereocenters. The maximum Gasteiger partial charge on any atom is 0.338 e. The van der Waals surface area contributed by atoms with Crippen LogP contribution in [0.15, 0.2) is 41.8 Å². The summed E-state index contributed by atoms with van der Waals surface area (Å²) in [6, 6.07) is 11.0. The number of nitrogens with one attached hydrogen (secondary N) is 1. The zero-order valence-electron chi connectivity index (χ0n) is 12.7. The maximum atomic E-state index is 11.9. The minimum atomic E-state index is -0.485. The Hall–Kier alpha value is -2.14. The molecule has 1 N–H and O–H groups in total. The Morgan fingerprint density at radius 1 is 1.23 bits per heavy atom. The molecule has 5 heteroatoms. The normalized spacial score (nSPS) is 11.7. The molecular formula is C17H19NO3S. The molecule has 2 aromatic rings. The van der Waals surface area contributed by atoms with Crippen molar-refractivity contribution in [2.45, 2.75) is 26.3 Å². The van der Waals surface area contributed by atoms with E-state index in [1.165, 1.54) is 0 Å². The second-order valence-electron chi connectivity index (χ2n) is 4.93. The largest absolute Gasteiger partial charge is 0.452 e. The van der Waals surface area contributed by atoms with Gasteiger partial charge in [-0.25, -0.2) is 4.79 Å². The summed E-state index contributed by atoms with van der Waals surface area (Å²) in [6.07, 6.45) is 0.915. The van der Waals surface area contributed by atoms with Gasteiger partial charge < -0.3 is 10.1 Å². The van der Waals surface area contributed by atoms with E-state index >= 15 is 0 Å². The zero-order chi connectivity index (χ0) is 15.9. The quantitative estimate of drug-likeness (QED) is 0.831. The monoisotopic (exact) mass is 317 g/mol. The summed E-state index contributed by atoms with van der Waals surface area (Å²) in [6.45, 7) is 3.67. The topological polar surface area (TPSA) is 55.4 Å². The minimum absolute atomic E-state index is 0.0879. The number of thiophene rings is 1. The molecule has 1 aromatic heterocycles. The summed E-state index contributed by atoms with van der Waals surface area (Å²) >= 11 is 1.58. The lowest BCUT2D eigenvalue weighted by atomic mass is 10.1. The van der Waals surface area contributed by atoms with Crippen molar-refractivity contribution in [1.29, 1.82) is 0 Å². The van der Waals surface area contributed by atoms with E-state index in [-0.39, 0.29) is 18.6 Å². The van der Waals surface area contributed by atoms with Crippen molar-refractivity contribution >= 4 is 23.2 Å². The highest BCUT2D eigenvalue weighted by molar-refractivity contribution is 7.10. The molecule has 1 amide bonds.